The van der Waals surface area contributed by atoms with Gasteiger partial charge in [0.15, 0.2) is 11.7 Å². The molecule has 1 aliphatic rings. The number of hydrogen-bond acceptors (Lipinski definition) is 7. The number of ketones is 1. The van der Waals surface area contributed by atoms with Gasteiger partial charge in [0.05, 0.1) is 25.2 Å². The molecule has 2 aromatic carbocycles. The molecule has 0 radical (unpaired) electrons. The lowest BCUT2D eigenvalue weighted by Gasteiger charge is -2.27. The van der Waals surface area contributed by atoms with E-state index in [0.717, 1.165) is 11.3 Å². The first-order chi connectivity index (χ1) is 16.6. The molecule has 0 bridgehead atoms. The van der Waals surface area contributed by atoms with E-state index in [-0.39, 0.29) is 11.7 Å². The van der Waals surface area contributed by atoms with E-state index in [2.05, 4.69) is 10.1 Å². The second kappa shape index (κ2) is 11.7. The molecule has 0 aliphatic carbocycles. The molecule has 1 fully saturated rings. The SMILES string of the molecule is CC(c1cccc(C(=O)c2ccccc2)c1)c1cc(/N=C(\N)N2CCOCC2)on1.CS(=O)(=O)O. The first kappa shape index (κ1) is 26.1. The van der Waals surface area contributed by atoms with Gasteiger partial charge in [0.2, 0.25) is 0 Å². The van der Waals surface area contributed by atoms with Crippen molar-refractivity contribution in [2.45, 2.75) is 12.8 Å². The van der Waals surface area contributed by atoms with Crippen molar-refractivity contribution in [3.8, 4) is 0 Å². The van der Waals surface area contributed by atoms with Crippen molar-refractivity contribution in [2.75, 3.05) is 32.6 Å². The molecular formula is C24H28N4O6S. The van der Waals surface area contributed by atoms with E-state index < -0.39 is 10.1 Å². The largest absolute Gasteiger partial charge is 0.378 e. The van der Waals surface area contributed by atoms with Gasteiger partial charge in [0, 0.05) is 36.2 Å². The smallest absolute Gasteiger partial charge is 0.261 e. The van der Waals surface area contributed by atoms with Crippen LogP contribution in [0.25, 0.3) is 0 Å². The Hall–Kier alpha value is -3.54. The highest BCUT2D eigenvalue weighted by Gasteiger charge is 2.18. The molecule has 1 aliphatic heterocycles. The minimum atomic E-state index is -3.67. The van der Waals surface area contributed by atoms with Crippen LogP contribution in [0.2, 0.25) is 0 Å². The zero-order valence-corrected chi connectivity index (χ0v) is 20.3. The number of carbonyl (C=O) groups is 1. The molecule has 11 heteroatoms. The van der Waals surface area contributed by atoms with Crippen LogP contribution in [0.4, 0.5) is 5.88 Å². The lowest BCUT2D eigenvalue weighted by Crippen LogP contribution is -2.44. The fraction of sp³-hybridized carbons (Fsp3) is 0.292. The predicted octanol–water partition coefficient (Wildman–Crippen LogP) is 2.84. The quantitative estimate of drug-likeness (QED) is 0.233. The number of morpholine rings is 1. The number of nitrogens with zero attached hydrogens (tertiary/aromatic N) is 3. The van der Waals surface area contributed by atoms with Crippen LogP contribution in [-0.2, 0) is 14.9 Å². The summed E-state index contributed by atoms with van der Waals surface area (Å²) in [6.07, 6.45) is 0.715. The summed E-state index contributed by atoms with van der Waals surface area (Å²) >= 11 is 0. The summed E-state index contributed by atoms with van der Waals surface area (Å²) in [6, 6.07) is 18.6. The van der Waals surface area contributed by atoms with Crippen molar-refractivity contribution in [3.63, 3.8) is 0 Å². The number of aliphatic imine (C=N–C) groups is 1. The van der Waals surface area contributed by atoms with Gasteiger partial charge in [-0.1, -0.05) is 60.6 Å². The number of hydrogen-bond donors (Lipinski definition) is 2. The summed E-state index contributed by atoms with van der Waals surface area (Å²) in [6.45, 7) is 4.69. The number of aromatic nitrogens is 1. The van der Waals surface area contributed by atoms with Crippen molar-refractivity contribution >= 4 is 27.7 Å². The molecule has 3 aromatic rings. The standard InChI is InChI=1S/C23H24N4O3.CH4O3S/c1-16(18-8-5-9-19(14-18)22(28)17-6-3-2-4-7-17)20-15-21(30-26-20)25-23(24)27-10-12-29-13-11-27;1-5(2,3)4/h2-9,14-16H,10-13H2,1H3,(H2,24,25);1H3,(H,2,3,4). The Kier molecular flexibility index (Phi) is 8.74. The molecule has 35 heavy (non-hydrogen) atoms. The van der Waals surface area contributed by atoms with E-state index in [1.165, 1.54) is 0 Å². The van der Waals surface area contributed by atoms with Crippen molar-refractivity contribution in [2.24, 2.45) is 10.7 Å². The van der Waals surface area contributed by atoms with Crippen LogP contribution in [0, 0.1) is 0 Å². The highest BCUT2D eigenvalue weighted by Crippen LogP contribution is 2.27. The van der Waals surface area contributed by atoms with Crippen molar-refractivity contribution in [1.82, 2.24) is 10.1 Å². The van der Waals surface area contributed by atoms with E-state index >= 15 is 0 Å². The molecule has 0 amide bonds. The maximum absolute atomic E-state index is 12.8. The number of ether oxygens (including phenoxy) is 1. The maximum Gasteiger partial charge on any atom is 0.261 e. The van der Waals surface area contributed by atoms with Gasteiger partial charge in [-0.25, -0.2) is 0 Å². The van der Waals surface area contributed by atoms with Crippen molar-refractivity contribution in [3.05, 3.63) is 83.0 Å². The molecule has 0 spiro atoms. The van der Waals surface area contributed by atoms with Crippen molar-refractivity contribution in [1.29, 1.82) is 0 Å². The monoisotopic (exact) mass is 500 g/mol. The molecule has 3 N–H and O–H groups in total. The van der Waals surface area contributed by atoms with Gasteiger partial charge in [-0.15, -0.1) is 0 Å². The Labute approximate surface area is 204 Å². The van der Waals surface area contributed by atoms with E-state index in [4.69, 9.17) is 19.5 Å². The molecule has 2 heterocycles. The van der Waals surface area contributed by atoms with Crippen LogP contribution in [0.15, 0.2) is 70.2 Å². The van der Waals surface area contributed by atoms with Crippen molar-refractivity contribution < 1.29 is 27.0 Å². The van der Waals surface area contributed by atoms with Gasteiger partial charge in [-0.3, -0.25) is 9.35 Å². The summed E-state index contributed by atoms with van der Waals surface area (Å²) in [5, 5.41) is 4.16. The zero-order chi connectivity index (χ0) is 25.4. The Morgan fingerprint density at radius 1 is 1.09 bits per heavy atom. The number of nitrogens with two attached hydrogens (primary N) is 1. The number of rotatable bonds is 5. The third-order valence-electron chi connectivity index (χ3n) is 5.20. The highest BCUT2D eigenvalue weighted by atomic mass is 32.2. The molecule has 1 unspecified atom stereocenters. The Morgan fingerprint density at radius 2 is 1.71 bits per heavy atom. The Bertz CT molecular complexity index is 1260. The molecular weight excluding hydrogens is 472 g/mol. The number of benzene rings is 2. The first-order valence-electron chi connectivity index (χ1n) is 10.9. The minimum absolute atomic E-state index is 0.00613. The second-order valence-electron chi connectivity index (χ2n) is 7.93. The van der Waals surface area contributed by atoms with Crippen LogP contribution in [0.5, 0.6) is 0 Å². The van der Waals surface area contributed by atoms with Crippen LogP contribution >= 0.6 is 0 Å². The van der Waals surface area contributed by atoms with E-state index in [1.54, 1.807) is 6.07 Å². The Balaban J connectivity index is 0.000000623. The average molecular weight is 501 g/mol. The van der Waals surface area contributed by atoms with E-state index in [1.807, 2.05) is 66.4 Å². The number of guanidine groups is 1. The minimum Gasteiger partial charge on any atom is -0.378 e. The van der Waals surface area contributed by atoms with Gasteiger partial charge < -0.3 is 19.9 Å². The fourth-order valence-corrected chi connectivity index (χ4v) is 3.39. The molecule has 4 rings (SSSR count). The predicted molar refractivity (Wildman–Crippen MR) is 131 cm³/mol. The van der Waals surface area contributed by atoms with E-state index in [9.17, 15) is 13.2 Å². The molecule has 10 nitrogen and oxygen atoms in total. The summed E-state index contributed by atoms with van der Waals surface area (Å²) in [4.78, 5) is 19.1. The normalized spacial score (nSPS) is 15.2. The molecule has 1 aromatic heterocycles. The topological polar surface area (TPSA) is 148 Å². The molecule has 1 atom stereocenters. The van der Waals surface area contributed by atoms with Crippen LogP contribution in [0.1, 0.15) is 40.0 Å². The molecule has 0 saturated carbocycles. The van der Waals surface area contributed by atoms with Crippen LogP contribution in [0.3, 0.4) is 0 Å². The zero-order valence-electron chi connectivity index (χ0n) is 19.5. The number of carbonyl (C=O) groups excluding carboxylic acids is 1. The summed E-state index contributed by atoms with van der Waals surface area (Å²) < 4.78 is 36.6. The van der Waals surface area contributed by atoms with Crippen LogP contribution in [-0.4, -0.2) is 67.3 Å². The summed E-state index contributed by atoms with van der Waals surface area (Å²) in [7, 11) is -3.67. The summed E-state index contributed by atoms with van der Waals surface area (Å²) in [5.74, 6) is 0.681. The lowest BCUT2D eigenvalue weighted by atomic mass is 9.94. The average Bonchev–Trinajstić information content (AvgIpc) is 3.31. The van der Waals surface area contributed by atoms with Crippen LogP contribution < -0.4 is 5.73 Å². The van der Waals surface area contributed by atoms with Gasteiger partial charge in [0.25, 0.3) is 16.0 Å². The van der Waals surface area contributed by atoms with Gasteiger partial charge in [-0.2, -0.15) is 13.4 Å². The second-order valence-corrected chi connectivity index (χ2v) is 9.40. The highest BCUT2D eigenvalue weighted by molar-refractivity contribution is 7.85. The third-order valence-corrected chi connectivity index (χ3v) is 5.20. The van der Waals surface area contributed by atoms with E-state index in [0.29, 0.717) is 55.5 Å². The fourth-order valence-electron chi connectivity index (χ4n) is 3.39. The molecule has 1 saturated heterocycles. The lowest BCUT2D eigenvalue weighted by molar-refractivity contribution is 0.0675. The third kappa shape index (κ3) is 8.02. The molecule has 186 valence electrons. The van der Waals surface area contributed by atoms with Gasteiger partial charge in [-0.05, 0) is 11.6 Å². The van der Waals surface area contributed by atoms with Gasteiger partial charge in [0.1, 0.15) is 0 Å². The van der Waals surface area contributed by atoms with Gasteiger partial charge >= 0.3 is 0 Å². The maximum atomic E-state index is 12.8. The first-order valence-corrected chi connectivity index (χ1v) is 12.7. The Morgan fingerprint density at radius 3 is 2.37 bits per heavy atom. The summed E-state index contributed by atoms with van der Waals surface area (Å²) in [5.41, 5.74) is 9.09.